The van der Waals surface area contributed by atoms with Gasteiger partial charge in [-0.05, 0) is 39.2 Å². The fourth-order valence-corrected chi connectivity index (χ4v) is 3.77. The van der Waals surface area contributed by atoms with Gasteiger partial charge in [-0.25, -0.2) is 9.97 Å². The van der Waals surface area contributed by atoms with Crippen LogP contribution in [0.5, 0.6) is 0 Å². The first-order chi connectivity index (χ1) is 12.1. The van der Waals surface area contributed by atoms with E-state index in [-0.39, 0.29) is 12.1 Å². The van der Waals surface area contributed by atoms with Gasteiger partial charge >= 0.3 is 0 Å². The molecular weight excluding hydrogens is 312 g/mol. The summed E-state index contributed by atoms with van der Waals surface area (Å²) in [5.41, 5.74) is 2.86. The van der Waals surface area contributed by atoms with Gasteiger partial charge in [-0.15, -0.1) is 0 Å². The van der Waals surface area contributed by atoms with Gasteiger partial charge in [-0.3, -0.25) is 4.98 Å². The maximum absolute atomic E-state index is 10.6. The average molecular weight is 345 g/mol. The van der Waals surface area contributed by atoms with Gasteiger partial charge in [0.25, 0.3) is 0 Å². The number of aryl methyl sites for hydroxylation is 2. The number of aromatic nitrogens is 3. The van der Waals surface area contributed by atoms with Gasteiger partial charge in [0.2, 0.25) is 0 Å². The largest absolute Gasteiger partial charge is 0.391 e. The van der Waals surface area contributed by atoms with E-state index in [2.05, 4.69) is 14.9 Å². The third kappa shape index (κ3) is 3.76. The normalized spacial score (nSPS) is 21.3. The third-order valence-electron chi connectivity index (χ3n) is 4.64. The Morgan fingerprint density at radius 2 is 1.76 bits per heavy atom. The zero-order valence-electron chi connectivity index (χ0n) is 16.5. The van der Waals surface area contributed by atoms with Gasteiger partial charge in [-0.1, -0.05) is 27.7 Å². The van der Waals surface area contributed by atoms with Crippen molar-refractivity contribution in [3.05, 3.63) is 23.3 Å². The molecule has 1 saturated heterocycles. The number of piperidine rings is 1. The molecule has 0 radical (unpaired) electrons. The Bertz CT molecular complexity index is 711. The van der Waals surface area contributed by atoms with Crippen LogP contribution in [0.4, 0.5) is 5.82 Å². The molecule has 5 heteroatoms. The monoisotopic (exact) mass is 344 g/mol. The molecular formula is C20H32N4O. The molecule has 2 aliphatic heterocycles. The summed E-state index contributed by atoms with van der Waals surface area (Å²) in [6.07, 6.45) is 3.57. The summed E-state index contributed by atoms with van der Waals surface area (Å²) in [7, 11) is 0. The lowest BCUT2D eigenvalue weighted by molar-refractivity contribution is 0.128. The molecule has 5 nitrogen and oxygen atoms in total. The van der Waals surface area contributed by atoms with E-state index in [0.29, 0.717) is 6.42 Å². The first-order valence-corrected chi connectivity index (χ1v) is 9.73. The molecule has 2 unspecified atom stereocenters. The molecule has 2 aliphatic rings. The van der Waals surface area contributed by atoms with Crippen molar-refractivity contribution < 1.29 is 5.11 Å². The number of aliphatic hydroxyl groups is 1. The van der Waals surface area contributed by atoms with Crippen molar-refractivity contribution in [1.29, 1.82) is 0 Å². The molecule has 0 aliphatic carbocycles. The number of nitrogens with zero attached hydrogens (tertiary/aromatic N) is 4. The van der Waals surface area contributed by atoms with Gasteiger partial charge in [0.15, 0.2) is 0 Å². The van der Waals surface area contributed by atoms with Crippen LogP contribution in [0.15, 0.2) is 6.07 Å². The summed E-state index contributed by atoms with van der Waals surface area (Å²) in [6, 6.07) is 2.18. The molecule has 2 aromatic rings. The summed E-state index contributed by atoms with van der Waals surface area (Å²) in [5, 5.41) is 11.7. The summed E-state index contributed by atoms with van der Waals surface area (Å²) < 4.78 is 0. The third-order valence-corrected chi connectivity index (χ3v) is 4.64. The van der Waals surface area contributed by atoms with Crippen LogP contribution in [0, 0.1) is 13.8 Å². The molecule has 138 valence electrons. The molecule has 0 saturated carbocycles. The zero-order chi connectivity index (χ0) is 18.6. The van der Waals surface area contributed by atoms with E-state index < -0.39 is 0 Å². The van der Waals surface area contributed by atoms with Crippen LogP contribution < -0.4 is 4.90 Å². The molecule has 25 heavy (non-hydrogen) atoms. The highest BCUT2D eigenvalue weighted by Gasteiger charge is 2.35. The van der Waals surface area contributed by atoms with Crippen molar-refractivity contribution in [1.82, 2.24) is 15.0 Å². The average Bonchev–Trinajstić information content (AvgIpc) is 2.74. The highest BCUT2D eigenvalue weighted by molar-refractivity contribution is 5.92. The van der Waals surface area contributed by atoms with Crippen molar-refractivity contribution in [2.75, 3.05) is 11.4 Å². The van der Waals surface area contributed by atoms with E-state index in [1.807, 2.05) is 47.6 Å². The fourth-order valence-electron chi connectivity index (χ4n) is 3.77. The van der Waals surface area contributed by atoms with Crippen LogP contribution in [-0.2, 0) is 6.42 Å². The Kier molecular flexibility index (Phi) is 6.71. The number of aliphatic hydroxyl groups excluding tert-OH is 1. The maximum Gasteiger partial charge on any atom is 0.142 e. The van der Waals surface area contributed by atoms with Gasteiger partial charge in [-0.2, -0.15) is 0 Å². The lowest BCUT2D eigenvalue weighted by atomic mass is 9.96. The number of rotatable bonds is 0. The second-order valence-electron chi connectivity index (χ2n) is 6.23. The molecule has 1 N–H and O–H groups in total. The Labute approximate surface area is 151 Å². The highest BCUT2D eigenvalue weighted by atomic mass is 16.3. The van der Waals surface area contributed by atoms with Crippen molar-refractivity contribution in [2.45, 2.75) is 79.4 Å². The Balaban J connectivity index is 0.000000528. The molecule has 0 spiro atoms. The van der Waals surface area contributed by atoms with Gasteiger partial charge in [0.05, 0.1) is 28.7 Å². The second-order valence-corrected chi connectivity index (χ2v) is 6.23. The minimum atomic E-state index is -0.377. The van der Waals surface area contributed by atoms with Crippen LogP contribution in [0.25, 0.3) is 10.9 Å². The summed E-state index contributed by atoms with van der Waals surface area (Å²) >= 11 is 0. The highest BCUT2D eigenvalue weighted by Crippen LogP contribution is 2.36. The van der Waals surface area contributed by atoms with Gasteiger partial charge in [0, 0.05) is 18.7 Å². The van der Waals surface area contributed by atoms with E-state index in [1.165, 1.54) is 6.42 Å². The van der Waals surface area contributed by atoms with E-state index in [1.54, 1.807) is 0 Å². The van der Waals surface area contributed by atoms with Crippen LogP contribution >= 0.6 is 0 Å². The molecule has 0 bridgehead atoms. The lowest BCUT2D eigenvalue weighted by Gasteiger charge is -2.38. The van der Waals surface area contributed by atoms with Gasteiger partial charge in [0.1, 0.15) is 11.6 Å². The van der Waals surface area contributed by atoms with E-state index in [4.69, 9.17) is 4.98 Å². The Morgan fingerprint density at radius 1 is 1.04 bits per heavy atom. The summed E-state index contributed by atoms with van der Waals surface area (Å²) in [4.78, 5) is 16.2. The minimum Gasteiger partial charge on any atom is -0.391 e. The van der Waals surface area contributed by atoms with E-state index in [9.17, 15) is 5.11 Å². The quantitative estimate of drug-likeness (QED) is 0.783. The number of pyridine rings is 1. The standard InChI is InChI=1S/C16H20N4O.2C2H6/c1-9-7-11-15-12(17-9)8-14(21)13-5-3-4-6-20(13)16(15)19-10(2)18-11;2*1-2/h7,13-14,21H,3-6,8H2,1-2H3;2*1-2H3. The summed E-state index contributed by atoms with van der Waals surface area (Å²) in [6.45, 7) is 12.9. The number of hydrogen-bond acceptors (Lipinski definition) is 5. The lowest BCUT2D eigenvalue weighted by Crippen LogP contribution is -2.47. The predicted molar refractivity (Wildman–Crippen MR) is 104 cm³/mol. The van der Waals surface area contributed by atoms with E-state index in [0.717, 1.165) is 53.3 Å². The topological polar surface area (TPSA) is 62.1 Å². The molecule has 2 atom stereocenters. The van der Waals surface area contributed by atoms with Crippen LogP contribution in [0.2, 0.25) is 0 Å². The second kappa shape index (κ2) is 8.56. The maximum atomic E-state index is 10.6. The molecule has 4 rings (SSSR count). The molecule has 4 heterocycles. The first-order valence-electron chi connectivity index (χ1n) is 9.73. The minimum absolute atomic E-state index is 0.158. The Hall–Kier alpha value is -1.75. The van der Waals surface area contributed by atoms with Gasteiger partial charge < -0.3 is 10.0 Å². The number of fused-ring (bicyclic) bond motifs is 2. The zero-order valence-corrected chi connectivity index (χ0v) is 16.5. The predicted octanol–water partition coefficient (Wildman–Crippen LogP) is 3.97. The smallest absolute Gasteiger partial charge is 0.142 e. The van der Waals surface area contributed by atoms with Crippen molar-refractivity contribution in [2.24, 2.45) is 0 Å². The van der Waals surface area contributed by atoms with Crippen molar-refractivity contribution >= 4 is 16.7 Å². The van der Waals surface area contributed by atoms with Crippen molar-refractivity contribution in [3.8, 4) is 0 Å². The molecule has 1 fully saturated rings. The van der Waals surface area contributed by atoms with Crippen LogP contribution in [0.1, 0.15) is 64.2 Å². The molecule has 0 aromatic carbocycles. The Morgan fingerprint density at radius 3 is 2.48 bits per heavy atom. The van der Waals surface area contributed by atoms with E-state index >= 15 is 0 Å². The SMILES string of the molecule is CC.CC.Cc1cc2nc(C)nc3c2c(n1)CC(O)C1CCCCN31. The van der Waals surface area contributed by atoms with Crippen LogP contribution in [0.3, 0.4) is 0 Å². The fraction of sp³-hybridized carbons (Fsp3) is 0.650. The first kappa shape index (κ1) is 19.6. The van der Waals surface area contributed by atoms with Crippen LogP contribution in [-0.4, -0.2) is 38.7 Å². The summed E-state index contributed by atoms with van der Waals surface area (Å²) in [5.74, 6) is 1.76. The van der Waals surface area contributed by atoms with Crippen molar-refractivity contribution in [3.63, 3.8) is 0 Å². The molecule has 0 amide bonds. The molecule has 2 aromatic heterocycles. The number of anilines is 1. The number of hydrogen-bond donors (Lipinski definition) is 1.